The summed E-state index contributed by atoms with van der Waals surface area (Å²) >= 11 is 5.08. The zero-order chi connectivity index (χ0) is 13.0. The molecule has 2 aromatic rings. The van der Waals surface area contributed by atoms with E-state index in [1.165, 1.54) is 0 Å². The summed E-state index contributed by atoms with van der Waals surface area (Å²) in [6, 6.07) is 6.27. The Bertz CT molecular complexity index is 497. The van der Waals surface area contributed by atoms with Crippen LogP contribution >= 0.6 is 27.3 Å². The van der Waals surface area contributed by atoms with E-state index >= 15 is 0 Å². The lowest BCUT2D eigenvalue weighted by atomic mass is 10.2. The molecule has 96 valence electrons. The summed E-state index contributed by atoms with van der Waals surface area (Å²) in [6.07, 6.45) is 0.918. The summed E-state index contributed by atoms with van der Waals surface area (Å²) in [4.78, 5) is 1.11. The van der Waals surface area contributed by atoms with Crippen LogP contribution in [0.3, 0.4) is 0 Å². The number of rotatable bonds is 5. The van der Waals surface area contributed by atoms with Gasteiger partial charge in [-0.05, 0) is 54.0 Å². The molecule has 2 heterocycles. The molecule has 3 N–H and O–H groups in total. The summed E-state index contributed by atoms with van der Waals surface area (Å²) in [5.74, 6) is 0.787. The van der Waals surface area contributed by atoms with E-state index in [4.69, 9.17) is 5.73 Å². The van der Waals surface area contributed by atoms with Gasteiger partial charge in [0.05, 0.1) is 4.88 Å². The first-order valence-electron chi connectivity index (χ1n) is 5.74. The van der Waals surface area contributed by atoms with Crippen LogP contribution in [0.4, 0.5) is 5.82 Å². The van der Waals surface area contributed by atoms with Gasteiger partial charge in [-0.3, -0.25) is 0 Å². The summed E-state index contributed by atoms with van der Waals surface area (Å²) in [6.45, 7) is 2.75. The quantitative estimate of drug-likeness (QED) is 0.886. The van der Waals surface area contributed by atoms with Crippen molar-refractivity contribution in [1.29, 1.82) is 0 Å². The molecule has 0 bridgehead atoms. The van der Waals surface area contributed by atoms with Gasteiger partial charge in [-0.1, -0.05) is 0 Å². The number of aromatic nitrogens is 2. The molecule has 2 aromatic heterocycles. The van der Waals surface area contributed by atoms with E-state index in [-0.39, 0.29) is 0 Å². The second kappa shape index (κ2) is 6.26. The first-order chi connectivity index (χ1) is 8.69. The van der Waals surface area contributed by atoms with Crippen molar-refractivity contribution in [2.75, 3.05) is 11.9 Å². The van der Waals surface area contributed by atoms with Gasteiger partial charge >= 0.3 is 0 Å². The largest absolute Gasteiger partial charge is 0.366 e. The summed E-state index contributed by atoms with van der Waals surface area (Å²) < 4.78 is 1.07. The molecule has 0 aliphatic rings. The highest BCUT2D eigenvalue weighted by molar-refractivity contribution is 9.10. The molecule has 0 aliphatic heterocycles. The van der Waals surface area contributed by atoms with E-state index < -0.39 is 0 Å². The van der Waals surface area contributed by atoms with E-state index in [1.807, 2.05) is 23.6 Å². The van der Waals surface area contributed by atoms with Crippen molar-refractivity contribution < 1.29 is 0 Å². The van der Waals surface area contributed by atoms with Crippen LogP contribution in [0.15, 0.2) is 28.1 Å². The smallest absolute Gasteiger partial charge is 0.148 e. The predicted molar refractivity (Wildman–Crippen MR) is 79.8 cm³/mol. The van der Waals surface area contributed by atoms with Crippen LogP contribution in [0.25, 0.3) is 10.6 Å². The highest BCUT2D eigenvalue weighted by atomic mass is 79.9. The second-order valence-corrected chi connectivity index (χ2v) is 5.88. The van der Waals surface area contributed by atoms with Crippen LogP contribution in [0.1, 0.15) is 13.3 Å². The summed E-state index contributed by atoms with van der Waals surface area (Å²) in [7, 11) is 0. The number of halogens is 1. The van der Waals surface area contributed by atoms with Gasteiger partial charge in [-0.2, -0.15) is 0 Å². The van der Waals surface area contributed by atoms with Gasteiger partial charge in [0.15, 0.2) is 0 Å². The average Bonchev–Trinajstić information content (AvgIpc) is 2.77. The van der Waals surface area contributed by atoms with Gasteiger partial charge in [0.25, 0.3) is 0 Å². The maximum atomic E-state index is 5.51. The van der Waals surface area contributed by atoms with Crippen molar-refractivity contribution in [1.82, 2.24) is 10.2 Å². The average molecular weight is 327 g/mol. The molecular formula is C12H15BrN4S. The summed E-state index contributed by atoms with van der Waals surface area (Å²) in [5.41, 5.74) is 6.40. The maximum Gasteiger partial charge on any atom is 0.148 e. The number of hydrogen-bond donors (Lipinski definition) is 2. The molecule has 0 saturated heterocycles. The molecule has 0 aromatic carbocycles. The first-order valence-corrected chi connectivity index (χ1v) is 7.41. The van der Waals surface area contributed by atoms with Crippen molar-refractivity contribution >= 4 is 33.1 Å². The summed E-state index contributed by atoms with van der Waals surface area (Å²) in [5, 5.41) is 13.7. The molecule has 4 nitrogen and oxygen atoms in total. The van der Waals surface area contributed by atoms with E-state index in [0.29, 0.717) is 12.6 Å². The topological polar surface area (TPSA) is 63.8 Å². The van der Waals surface area contributed by atoms with Crippen molar-refractivity contribution in [3.63, 3.8) is 0 Å². The van der Waals surface area contributed by atoms with Crippen LogP contribution in [-0.2, 0) is 0 Å². The Kier molecular flexibility index (Phi) is 4.68. The molecule has 0 amide bonds. The molecule has 1 unspecified atom stereocenters. The van der Waals surface area contributed by atoms with Gasteiger partial charge in [0, 0.05) is 15.9 Å². The number of nitrogens with zero attached hydrogens (tertiary/aromatic N) is 2. The number of thiophene rings is 1. The van der Waals surface area contributed by atoms with Crippen LogP contribution < -0.4 is 11.1 Å². The van der Waals surface area contributed by atoms with Crippen LogP contribution in [0.5, 0.6) is 0 Å². The number of hydrogen-bond acceptors (Lipinski definition) is 5. The van der Waals surface area contributed by atoms with E-state index in [0.717, 1.165) is 27.3 Å². The number of nitrogens with two attached hydrogens (primary N) is 1. The Morgan fingerprint density at radius 1 is 1.44 bits per heavy atom. The molecule has 0 aliphatic carbocycles. The van der Waals surface area contributed by atoms with Crippen LogP contribution in [0, 0.1) is 0 Å². The predicted octanol–water partition coefficient (Wildman–Crippen LogP) is 3.12. The minimum atomic E-state index is 0.311. The molecule has 0 spiro atoms. The molecule has 1 atom stereocenters. The molecule has 0 fully saturated rings. The van der Waals surface area contributed by atoms with Gasteiger partial charge in [0.2, 0.25) is 0 Å². The highest BCUT2D eigenvalue weighted by Gasteiger charge is 2.05. The second-order valence-electron chi connectivity index (χ2n) is 4.06. The van der Waals surface area contributed by atoms with Gasteiger partial charge in [0.1, 0.15) is 11.5 Å². The van der Waals surface area contributed by atoms with E-state index in [9.17, 15) is 0 Å². The fourth-order valence-electron chi connectivity index (χ4n) is 1.56. The third kappa shape index (κ3) is 3.51. The first kappa shape index (κ1) is 13.5. The maximum absolute atomic E-state index is 5.51. The molecule has 0 saturated carbocycles. The lowest BCUT2D eigenvalue weighted by Crippen LogP contribution is -2.20. The lowest BCUT2D eigenvalue weighted by Gasteiger charge is -2.12. The highest BCUT2D eigenvalue weighted by Crippen LogP contribution is 2.28. The Hall–Kier alpha value is -0.980. The van der Waals surface area contributed by atoms with E-state index in [2.05, 4.69) is 38.4 Å². The monoisotopic (exact) mass is 326 g/mol. The van der Waals surface area contributed by atoms with Crippen molar-refractivity contribution in [3.8, 4) is 10.6 Å². The fourth-order valence-corrected chi connectivity index (χ4v) is 2.96. The zero-order valence-corrected chi connectivity index (χ0v) is 12.5. The van der Waals surface area contributed by atoms with Crippen LogP contribution in [0.2, 0.25) is 0 Å². The Balaban J connectivity index is 2.06. The van der Waals surface area contributed by atoms with E-state index in [1.54, 1.807) is 11.3 Å². The number of anilines is 1. The SMILES string of the molecule is CC(CCN)Nc1ccc(-c2cc(Br)cs2)nn1. The van der Waals surface area contributed by atoms with Gasteiger partial charge < -0.3 is 11.1 Å². The van der Waals surface area contributed by atoms with Crippen molar-refractivity contribution in [2.45, 2.75) is 19.4 Å². The lowest BCUT2D eigenvalue weighted by molar-refractivity contribution is 0.711. The minimum absolute atomic E-state index is 0.311. The molecule has 0 radical (unpaired) electrons. The Labute approximate surface area is 119 Å². The molecule has 2 rings (SSSR count). The van der Waals surface area contributed by atoms with Crippen molar-refractivity contribution in [2.24, 2.45) is 5.73 Å². The van der Waals surface area contributed by atoms with Gasteiger partial charge in [-0.25, -0.2) is 0 Å². The Morgan fingerprint density at radius 2 is 2.28 bits per heavy atom. The third-order valence-electron chi connectivity index (χ3n) is 2.48. The van der Waals surface area contributed by atoms with Gasteiger partial charge in [-0.15, -0.1) is 21.5 Å². The zero-order valence-electron chi connectivity index (χ0n) is 10.1. The minimum Gasteiger partial charge on any atom is -0.366 e. The van der Waals surface area contributed by atoms with Crippen molar-refractivity contribution in [3.05, 3.63) is 28.1 Å². The molecule has 18 heavy (non-hydrogen) atoms. The fraction of sp³-hybridized carbons (Fsp3) is 0.333. The third-order valence-corrected chi connectivity index (χ3v) is 4.19. The standard InChI is InChI=1S/C12H15BrN4S/c1-8(4-5-14)15-12-3-2-10(16-17-12)11-6-9(13)7-18-11/h2-3,6-8H,4-5,14H2,1H3,(H,15,17). The number of nitrogens with one attached hydrogen (secondary N) is 1. The normalized spacial score (nSPS) is 12.4. The molecule has 6 heteroatoms. The Morgan fingerprint density at radius 3 is 2.83 bits per heavy atom. The molecular weight excluding hydrogens is 312 g/mol. The van der Waals surface area contributed by atoms with Crippen LogP contribution in [-0.4, -0.2) is 22.8 Å².